The summed E-state index contributed by atoms with van der Waals surface area (Å²) in [5, 5.41) is 0. The molecule has 0 fully saturated rings. The van der Waals surface area contributed by atoms with Crippen LogP contribution in [0.25, 0.3) is 18.2 Å². The van der Waals surface area contributed by atoms with Crippen LogP contribution in [0.2, 0.25) is 0 Å². The first-order valence-electron chi connectivity index (χ1n) is 10.8. The average Bonchev–Trinajstić information content (AvgIpc) is 2.87. The van der Waals surface area contributed by atoms with Gasteiger partial charge in [0.25, 0.3) is 0 Å². The van der Waals surface area contributed by atoms with Crippen LogP contribution in [0, 0.1) is 0 Å². The van der Waals surface area contributed by atoms with Crippen LogP contribution in [-0.4, -0.2) is 5.60 Å². The van der Waals surface area contributed by atoms with Crippen molar-refractivity contribution >= 4 is 18.2 Å². The lowest BCUT2D eigenvalue weighted by molar-refractivity contribution is 0.225. The van der Waals surface area contributed by atoms with E-state index in [1.54, 1.807) is 0 Å². The first-order valence-corrected chi connectivity index (χ1v) is 10.8. The molecular formula is C31H26O. The fourth-order valence-electron chi connectivity index (χ4n) is 3.33. The summed E-state index contributed by atoms with van der Waals surface area (Å²) >= 11 is 0. The molecule has 4 rings (SSSR count). The van der Waals surface area contributed by atoms with Gasteiger partial charge >= 0.3 is 0 Å². The molecule has 0 aromatic heterocycles. The van der Waals surface area contributed by atoms with Gasteiger partial charge in [-0.1, -0.05) is 127 Å². The van der Waals surface area contributed by atoms with Crippen molar-refractivity contribution in [2.75, 3.05) is 0 Å². The van der Waals surface area contributed by atoms with E-state index < -0.39 is 5.60 Å². The molecule has 1 nitrogen and oxygen atoms in total. The van der Waals surface area contributed by atoms with Crippen molar-refractivity contribution < 1.29 is 4.74 Å². The minimum absolute atomic E-state index is 0.775. The Morgan fingerprint density at radius 2 is 0.719 bits per heavy atom. The maximum Gasteiger partial charge on any atom is 0.164 e. The first-order chi connectivity index (χ1) is 15.8. The highest BCUT2D eigenvalue weighted by atomic mass is 16.5. The normalized spacial score (nSPS) is 13.5. The molecule has 0 bridgehead atoms. The highest BCUT2D eigenvalue weighted by Gasteiger charge is 2.23. The lowest BCUT2D eigenvalue weighted by Gasteiger charge is -2.26. The quantitative estimate of drug-likeness (QED) is 0.284. The topological polar surface area (TPSA) is 9.23 Å². The van der Waals surface area contributed by atoms with Crippen molar-refractivity contribution in [2.24, 2.45) is 0 Å². The summed E-state index contributed by atoms with van der Waals surface area (Å²) in [5.41, 5.74) is 2.59. The van der Waals surface area contributed by atoms with Crippen molar-refractivity contribution in [1.82, 2.24) is 0 Å². The van der Waals surface area contributed by atoms with Crippen LogP contribution in [0.1, 0.15) is 16.7 Å². The molecule has 0 saturated carbocycles. The monoisotopic (exact) mass is 414 g/mol. The standard InChI is InChI=1S/C31H26O/c1-5-13-27(14-6-1)21-24-31(32-30-19-11-4-12-20-30,25-22-28-15-7-2-8-16-28)26-23-29-17-9-3-10-18-29/h1-26H. The number of para-hydroxylation sites is 1. The highest BCUT2D eigenvalue weighted by molar-refractivity contribution is 5.61. The Hall–Kier alpha value is -4.10. The van der Waals surface area contributed by atoms with E-state index in [0.29, 0.717) is 0 Å². The zero-order chi connectivity index (χ0) is 21.9. The van der Waals surface area contributed by atoms with Crippen LogP contribution in [0.3, 0.4) is 0 Å². The molecule has 156 valence electrons. The largest absolute Gasteiger partial charge is 0.475 e. The molecule has 0 amide bonds. The molecule has 4 aromatic rings. The van der Waals surface area contributed by atoms with Gasteiger partial charge < -0.3 is 4.74 Å². The van der Waals surface area contributed by atoms with Gasteiger partial charge in [0, 0.05) is 0 Å². The molecule has 1 heteroatoms. The van der Waals surface area contributed by atoms with Crippen LogP contribution in [0.15, 0.2) is 140 Å². The van der Waals surface area contributed by atoms with Crippen molar-refractivity contribution in [3.05, 3.63) is 156 Å². The predicted molar refractivity (Wildman–Crippen MR) is 136 cm³/mol. The molecule has 0 unspecified atom stereocenters. The van der Waals surface area contributed by atoms with E-state index in [2.05, 4.69) is 72.9 Å². The van der Waals surface area contributed by atoms with E-state index in [1.807, 2.05) is 84.9 Å². The number of rotatable bonds is 8. The zero-order valence-corrected chi connectivity index (χ0v) is 17.9. The van der Waals surface area contributed by atoms with Crippen LogP contribution < -0.4 is 4.74 Å². The van der Waals surface area contributed by atoms with Crippen molar-refractivity contribution in [3.8, 4) is 5.75 Å². The van der Waals surface area contributed by atoms with Gasteiger partial charge in [-0.05, 0) is 47.1 Å². The highest BCUT2D eigenvalue weighted by Crippen LogP contribution is 2.26. The Kier molecular flexibility index (Phi) is 7.13. The molecule has 0 radical (unpaired) electrons. The van der Waals surface area contributed by atoms with Crippen molar-refractivity contribution in [1.29, 1.82) is 0 Å². The third-order valence-corrected chi connectivity index (χ3v) is 5.05. The summed E-state index contributed by atoms with van der Waals surface area (Å²) in [7, 11) is 0. The SMILES string of the molecule is C(=CC(C=Cc1ccccc1)(C=Cc1ccccc1)Oc1ccccc1)c1ccccc1. The Labute approximate surface area is 190 Å². The van der Waals surface area contributed by atoms with Crippen LogP contribution >= 0.6 is 0 Å². The van der Waals surface area contributed by atoms with E-state index in [0.717, 1.165) is 22.4 Å². The molecule has 0 saturated heterocycles. The third-order valence-electron chi connectivity index (χ3n) is 5.05. The van der Waals surface area contributed by atoms with Gasteiger partial charge in [-0.3, -0.25) is 0 Å². The molecule has 0 aliphatic carbocycles. The second-order valence-corrected chi connectivity index (χ2v) is 7.50. The third kappa shape index (κ3) is 6.20. The maximum absolute atomic E-state index is 6.61. The lowest BCUT2D eigenvalue weighted by atomic mass is 9.97. The molecule has 0 aliphatic heterocycles. The zero-order valence-electron chi connectivity index (χ0n) is 17.9. The summed E-state index contributed by atoms with van der Waals surface area (Å²) in [4.78, 5) is 0. The Bertz CT molecular complexity index is 1040. The number of hydrogen-bond donors (Lipinski definition) is 0. The van der Waals surface area contributed by atoms with Crippen LogP contribution in [0.4, 0.5) is 0 Å². The first kappa shape index (κ1) is 21.1. The van der Waals surface area contributed by atoms with Crippen molar-refractivity contribution in [3.63, 3.8) is 0 Å². The summed E-state index contributed by atoms with van der Waals surface area (Å²) < 4.78 is 6.61. The summed E-state index contributed by atoms with van der Waals surface area (Å²) in [6, 6.07) is 40.8. The van der Waals surface area contributed by atoms with Gasteiger partial charge in [-0.2, -0.15) is 0 Å². The molecule has 32 heavy (non-hydrogen) atoms. The van der Waals surface area contributed by atoms with Crippen molar-refractivity contribution in [2.45, 2.75) is 5.60 Å². The molecule has 0 atom stereocenters. The van der Waals surface area contributed by atoms with E-state index in [4.69, 9.17) is 4.74 Å². The summed E-state index contributed by atoms with van der Waals surface area (Å²) in [6.07, 6.45) is 12.6. The summed E-state index contributed by atoms with van der Waals surface area (Å²) in [6.45, 7) is 0. The van der Waals surface area contributed by atoms with Crippen LogP contribution in [-0.2, 0) is 0 Å². The second kappa shape index (κ2) is 10.8. The number of ether oxygens (including phenoxy) is 1. The van der Waals surface area contributed by atoms with Gasteiger partial charge in [-0.15, -0.1) is 0 Å². The van der Waals surface area contributed by atoms with E-state index >= 15 is 0 Å². The fourth-order valence-corrected chi connectivity index (χ4v) is 3.33. The number of benzene rings is 4. The Morgan fingerprint density at radius 1 is 0.406 bits per heavy atom. The Morgan fingerprint density at radius 3 is 1.06 bits per heavy atom. The van der Waals surface area contributed by atoms with Gasteiger partial charge in [0.05, 0.1) is 0 Å². The fraction of sp³-hybridized carbons (Fsp3) is 0.0323. The molecule has 0 aliphatic rings. The molecule has 0 heterocycles. The molecule has 0 spiro atoms. The van der Waals surface area contributed by atoms with Gasteiger partial charge in [-0.25, -0.2) is 0 Å². The average molecular weight is 415 g/mol. The lowest BCUT2D eigenvalue weighted by Crippen LogP contribution is -2.28. The maximum atomic E-state index is 6.61. The van der Waals surface area contributed by atoms with Gasteiger partial charge in [0.15, 0.2) is 5.60 Å². The summed E-state index contributed by atoms with van der Waals surface area (Å²) in [5.74, 6) is 0.806. The smallest absolute Gasteiger partial charge is 0.164 e. The minimum atomic E-state index is -0.775. The molecular weight excluding hydrogens is 388 g/mol. The number of hydrogen-bond acceptors (Lipinski definition) is 1. The van der Waals surface area contributed by atoms with E-state index in [-0.39, 0.29) is 0 Å². The van der Waals surface area contributed by atoms with E-state index in [9.17, 15) is 0 Å². The van der Waals surface area contributed by atoms with Gasteiger partial charge in [0.1, 0.15) is 5.75 Å². The predicted octanol–water partition coefficient (Wildman–Crippen LogP) is 7.94. The van der Waals surface area contributed by atoms with Gasteiger partial charge in [0.2, 0.25) is 0 Å². The van der Waals surface area contributed by atoms with E-state index in [1.165, 1.54) is 0 Å². The molecule has 4 aromatic carbocycles. The molecule has 0 N–H and O–H groups in total. The minimum Gasteiger partial charge on any atom is -0.475 e. The second-order valence-electron chi connectivity index (χ2n) is 7.50. The Balaban J connectivity index is 1.78. The van der Waals surface area contributed by atoms with Crippen LogP contribution in [0.5, 0.6) is 5.75 Å².